The molecule has 112 valence electrons. The number of rotatable bonds is 8. The Morgan fingerprint density at radius 1 is 1.48 bits per heavy atom. The van der Waals surface area contributed by atoms with Crippen LogP contribution < -0.4 is 10.1 Å². The molecule has 2 rings (SSSR count). The van der Waals surface area contributed by atoms with Crippen LogP contribution in [0.4, 0.5) is 5.69 Å². The third kappa shape index (κ3) is 4.51. The summed E-state index contributed by atoms with van der Waals surface area (Å²) in [6, 6.07) is 4.66. The maximum absolute atomic E-state index is 10.9. The first-order chi connectivity index (χ1) is 10.2. The smallest absolute Gasteiger partial charge is 0.270 e. The van der Waals surface area contributed by atoms with E-state index in [-0.39, 0.29) is 5.69 Å². The predicted molar refractivity (Wildman–Crippen MR) is 81.5 cm³/mol. The monoisotopic (exact) mass is 307 g/mol. The summed E-state index contributed by atoms with van der Waals surface area (Å²) < 4.78 is 5.73. The lowest BCUT2D eigenvalue weighted by Gasteiger charge is -2.11. The average Bonchev–Trinajstić information content (AvgIpc) is 2.99. The number of ether oxygens (including phenoxy) is 1. The summed E-state index contributed by atoms with van der Waals surface area (Å²) in [5, 5.41) is 16.9. The topological polar surface area (TPSA) is 77.3 Å². The SMILES string of the molecule is CCCNCc1cc([N+](=O)[O-])ccc1OCc1nccs1. The lowest BCUT2D eigenvalue weighted by Crippen LogP contribution is -2.15. The van der Waals surface area contributed by atoms with Gasteiger partial charge in [-0.3, -0.25) is 10.1 Å². The summed E-state index contributed by atoms with van der Waals surface area (Å²) >= 11 is 1.52. The molecule has 0 aliphatic carbocycles. The standard InChI is InChI=1S/C14H17N3O3S/c1-2-5-15-9-11-8-12(17(18)19)3-4-13(11)20-10-14-16-6-7-21-14/h3-4,6-8,15H,2,5,9-10H2,1H3. The second-order valence-corrected chi connectivity index (χ2v) is 5.42. The van der Waals surface area contributed by atoms with Crippen molar-refractivity contribution in [1.29, 1.82) is 0 Å². The molecule has 6 nitrogen and oxygen atoms in total. The van der Waals surface area contributed by atoms with Crippen molar-refractivity contribution in [3.63, 3.8) is 0 Å². The highest BCUT2D eigenvalue weighted by molar-refractivity contribution is 7.09. The molecule has 0 bridgehead atoms. The maximum atomic E-state index is 10.9. The zero-order valence-electron chi connectivity index (χ0n) is 11.7. The van der Waals surface area contributed by atoms with Crippen LogP contribution in [0.3, 0.4) is 0 Å². The average molecular weight is 307 g/mol. The van der Waals surface area contributed by atoms with E-state index in [0.29, 0.717) is 18.9 Å². The van der Waals surface area contributed by atoms with Crippen LogP contribution in [-0.4, -0.2) is 16.5 Å². The minimum absolute atomic E-state index is 0.0740. The van der Waals surface area contributed by atoms with Crippen LogP contribution in [0.15, 0.2) is 29.8 Å². The van der Waals surface area contributed by atoms with E-state index in [2.05, 4.69) is 17.2 Å². The molecule has 0 unspecified atom stereocenters. The molecular weight excluding hydrogens is 290 g/mol. The highest BCUT2D eigenvalue weighted by atomic mass is 32.1. The zero-order chi connectivity index (χ0) is 15.1. The molecular formula is C14H17N3O3S. The van der Waals surface area contributed by atoms with Crippen LogP contribution in [0, 0.1) is 10.1 Å². The van der Waals surface area contributed by atoms with E-state index in [4.69, 9.17) is 4.74 Å². The van der Waals surface area contributed by atoms with Gasteiger partial charge in [-0.2, -0.15) is 0 Å². The van der Waals surface area contributed by atoms with E-state index < -0.39 is 4.92 Å². The van der Waals surface area contributed by atoms with Gasteiger partial charge < -0.3 is 10.1 Å². The van der Waals surface area contributed by atoms with E-state index >= 15 is 0 Å². The summed E-state index contributed by atoms with van der Waals surface area (Å²) in [5.74, 6) is 0.652. The molecule has 0 atom stereocenters. The summed E-state index contributed by atoms with van der Waals surface area (Å²) in [5.41, 5.74) is 0.860. The van der Waals surface area contributed by atoms with Gasteiger partial charge in [-0.05, 0) is 19.0 Å². The van der Waals surface area contributed by atoms with Crippen molar-refractivity contribution in [2.45, 2.75) is 26.5 Å². The number of nitro groups is 1. The number of benzene rings is 1. The molecule has 0 aliphatic rings. The Morgan fingerprint density at radius 2 is 2.33 bits per heavy atom. The van der Waals surface area contributed by atoms with E-state index in [9.17, 15) is 10.1 Å². The molecule has 2 aromatic rings. The quantitative estimate of drug-likeness (QED) is 0.460. The highest BCUT2D eigenvalue weighted by Crippen LogP contribution is 2.25. The van der Waals surface area contributed by atoms with Gasteiger partial charge in [0.05, 0.1) is 4.92 Å². The van der Waals surface area contributed by atoms with Gasteiger partial charge in [0.2, 0.25) is 0 Å². The number of aromatic nitrogens is 1. The Hall–Kier alpha value is -1.99. The minimum Gasteiger partial charge on any atom is -0.486 e. The molecule has 0 amide bonds. The molecule has 1 heterocycles. The molecule has 0 spiro atoms. The van der Waals surface area contributed by atoms with Gasteiger partial charge in [0.25, 0.3) is 5.69 Å². The third-order valence-corrected chi connectivity index (χ3v) is 3.58. The Balaban J connectivity index is 2.11. The van der Waals surface area contributed by atoms with Crippen molar-refractivity contribution >= 4 is 17.0 Å². The summed E-state index contributed by atoms with van der Waals surface area (Å²) in [4.78, 5) is 14.6. The van der Waals surface area contributed by atoms with Crippen molar-refractivity contribution in [2.75, 3.05) is 6.54 Å². The number of hydrogen-bond acceptors (Lipinski definition) is 6. The van der Waals surface area contributed by atoms with E-state index in [0.717, 1.165) is 23.5 Å². The summed E-state index contributed by atoms with van der Waals surface area (Å²) in [6.45, 7) is 3.84. The molecule has 7 heteroatoms. The van der Waals surface area contributed by atoms with Crippen LogP contribution in [0.25, 0.3) is 0 Å². The maximum Gasteiger partial charge on any atom is 0.270 e. The second-order valence-electron chi connectivity index (χ2n) is 4.44. The normalized spacial score (nSPS) is 10.5. The zero-order valence-corrected chi connectivity index (χ0v) is 12.6. The van der Waals surface area contributed by atoms with Gasteiger partial charge in [0.15, 0.2) is 0 Å². The van der Waals surface area contributed by atoms with Crippen molar-refractivity contribution in [2.24, 2.45) is 0 Å². The number of non-ortho nitro benzene ring substituents is 1. The Labute approximate surface area is 126 Å². The molecule has 1 aromatic carbocycles. The number of hydrogen-bond donors (Lipinski definition) is 1. The Bertz CT molecular complexity index is 587. The van der Waals surface area contributed by atoms with Gasteiger partial charge in [0.1, 0.15) is 17.4 Å². The molecule has 0 radical (unpaired) electrons. The molecule has 21 heavy (non-hydrogen) atoms. The van der Waals surface area contributed by atoms with E-state index in [1.165, 1.54) is 17.4 Å². The summed E-state index contributed by atoms with van der Waals surface area (Å²) in [6.07, 6.45) is 2.73. The molecule has 0 saturated heterocycles. The van der Waals surface area contributed by atoms with Crippen molar-refractivity contribution in [3.8, 4) is 5.75 Å². The number of nitrogens with zero attached hydrogens (tertiary/aromatic N) is 2. The summed E-state index contributed by atoms with van der Waals surface area (Å²) in [7, 11) is 0. The van der Waals surface area contributed by atoms with Gasteiger partial charge in [-0.1, -0.05) is 6.92 Å². The van der Waals surface area contributed by atoms with Gasteiger partial charge in [-0.15, -0.1) is 11.3 Å². The first-order valence-corrected chi connectivity index (χ1v) is 7.58. The van der Waals surface area contributed by atoms with Crippen LogP contribution in [0.5, 0.6) is 5.75 Å². The van der Waals surface area contributed by atoms with Crippen LogP contribution in [0.2, 0.25) is 0 Å². The van der Waals surface area contributed by atoms with Crippen molar-refractivity contribution < 1.29 is 9.66 Å². The molecule has 1 N–H and O–H groups in total. The Kier molecular flexibility index (Phi) is 5.65. The third-order valence-electron chi connectivity index (χ3n) is 2.83. The van der Waals surface area contributed by atoms with E-state index in [1.807, 2.05) is 5.38 Å². The first-order valence-electron chi connectivity index (χ1n) is 6.70. The molecule has 0 saturated carbocycles. The van der Waals surface area contributed by atoms with Crippen LogP contribution in [-0.2, 0) is 13.2 Å². The lowest BCUT2D eigenvalue weighted by atomic mass is 10.1. The molecule has 0 aliphatic heterocycles. The lowest BCUT2D eigenvalue weighted by molar-refractivity contribution is -0.384. The van der Waals surface area contributed by atoms with Gasteiger partial charge in [-0.25, -0.2) is 4.98 Å². The fourth-order valence-corrected chi connectivity index (χ4v) is 2.35. The van der Waals surface area contributed by atoms with Crippen LogP contribution in [0.1, 0.15) is 23.9 Å². The fourth-order valence-electron chi connectivity index (χ4n) is 1.82. The van der Waals surface area contributed by atoms with Gasteiger partial charge >= 0.3 is 0 Å². The number of thiazole rings is 1. The second kappa shape index (κ2) is 7.70. The van der Waals surface area contributed by atoms with E-state index in [1.54, 1.807) is 18.3 Å². The predicted octanol–water partition coefficient (Wildman–Crippen LogP) is 3.13. The number of nitrogens with one attached hydrogen (secondary N) is 1. The van der Waals surface area contributed by atoms with Crippen LogP contribution >= 0.6 is 11.3 Å². The fraction of sp³-hybridized carbons (Fsp3) is 0.357. The molecule has 0 fully saturated rings. The van der Waals surface area contributed by atoms with Gasteiger partial charge in [0, 0.05) is 35.8 Å². The van der Waals surface area contributed by atoms with Crippen molar-refractivity contribution in [1.82, 2.24) is 10.3 Å². The van der Waals surface area contributed by atoms with Crippen molar-refractivity contribution in [3.05, 3.63) is 50.5 Å². The minimum atomic E-state index is -0.395. The first kappa shape index (κ1) is 15.4. The molecule has 1 aromatic heterocycles. The Morgan fingerprint density at radius 3 is 3.00 bits per heavy atom. The highest BCUT2D eigenvalue weighted by Gasteiger charge is 2.12. The largest absolute Gasteiger partial charge is 0.486 e. The number of nitro benzene ring substituents is 1.